The summed E-state index contributed by atoms with van der Waals surface area (Å²) in [6.07, 6.45) is 0. The summed E-state index contributed by atoms with van der Waals surface area (Å²) in [5, 5.41) is 1.17. The third-order valence-electron chi connectivity index (χ3n) is 2.25. The molecule has 3 rings (SSSR count). The first kappa shape index (κ1) is 13.4. The molecule has 1 aliphatic heterocycles. The number of benzene rings is 1. The molecule has 3 nitrogen and oxygen atoms in total. The Morgan fingerprint density at radius 3 is 2.18 bits per heavy atom. The molecule has 0 aliphatic carbocycles. The molecule has 0 unspecified atom stereocenters. The number of ether oxygens (including phenoxy) is 2. The van der Waals surface area contributed by atoms with Crippen molar-refractivity contribution < 1.29 is 9.47 Å². The van der Waals surface area contributed by atoms with E-state index in [2.05, 4.69) is 11.1 Å². The lowest BCUT2D eigenvalue weighted by Crippen LogP contribution is -1.92. The smallest absolute Gasteiger partial charge is 0.231 e. The summed E-state index contributed by atoms with van der Waals surface area (Å²) < 4.78 is 10.6. The fourth-order valence-corrected chi connectivity index (χ4v) is 1.67. The molecular formula is C14H21NO2. The first-order chi connectivity index (χ1) is 8.33. The molecular weight excluding hydrogens is 214 g/mol. The van der Waals surface area contributed by atoms with Gasteiger partial charge in [-0.2, -0.15) is 0 Å². The van der Waals surface area contributed by atoms with Gasteiger partial charge in [-0.1, -0.05) is 27.7 Å². The van der Waals surface area contributed by atoms with E-state index in [0.717, 1.165) is 22.7 Å². The van der Waals surface area contributed by atoms with Gasteiger partial charge in [-0.25, -0.2) is 0 Å². The number of aryl methyl sites for hydroxylation is 1. The highest BCUT2D eigenvalue weighted by Gasteiger charge is 2.14. The topological polar surface area (TPSA) is 34.2 Å². The van der Waals surface area contributed by atoms with Crippen LogP contribution in [0.3, 0.4) is 0 Å². The summed E-state index contributed by atoms with van der Waals surface area (Å²) in [5.41, 5.74) is 2.25. The van der Waals surface area contributed by atoms with Gasteiger partial charge < -0.3 is 14.5 Å². The molecule has 94 valence electrons. The van der Waals surface area contributed by atoms with Gasteiger partial charge in [-0.15, -0.1) is 0 Å². The van der Waals surface area contributed by atoms with Crippen molar-refractivity contribution in [3.05, 3.63) is 23.9 Å². The molecule has 1 N–H and O–H groups in total. The second-order valence-corrected chi connectivity index (χ2v) is 3.25. The Labute approximate surface area is 103 Å². The molecule has 1 aliphatic rings. The first-order valence-corrected chi connectivity index (χ1v) is 6.22. The van der Waals surface area contributed by atoms with E-state index in [9.17, 15) is 0 Å². The fourth-order valence-electron chi connectivity index (χ4n) is 1.67. The number of hydrogen-bond donors (Lipinski definition) is 1. The normalized spacial score (nSPS) is 11.4. The predicted octanol–water partition coefficient (Wildman–Crippen LogP) is 4.26. The van der Waals surface area contributed by atoms with Crippen LogP contribution < -0.4 is 9.47 Å². The van der Waals surface area contributed by atoms with Gasteiger partial charge in [0.15, 0.2) is 11.5 Å². The number of fused-ring (bicyclic) bond motifs is 2. The molecule has 3 heteroatoms. The van der Waals surface area contributed by atoms with Crippen molar-refractivity contribution in [2.45, 2.75) is 34.6 Å². The van der Waals surface area contributed by atoms with E-state index in [1.54, 1.807) is 0 Å². The van der Waals surface area contributed by atoms with Gasteiger partial charge in [0.1, 0.15) is 0 Å². The van der Waals surface area contributed by atoms with Crippen LogP contribution in [0, 0.1) is 6.92 Å². The van der Waals surface area contributed by atoms with Crippen LogP contribution in [0.25, 0.3) is 10.9 Å². The average molecular weight is 235 g/mol. The van der Waals surface area contributed by atoms with E-state index in [4.69, 9.17) is 9.47 Å². The van der Waals surface area contributed by atoms with Crippen molar-refractivity contribution in [3.63, 3.8) is 0 Å². The van der Waals surface area contributed by atoms with E-state index in [-0.39, 0.29) is 0 Å². The van der Waals surface area contributed by atoms with Crippen molar-refractivity contribution in [3.8, 4) is 11.5 Å². The van der Waals surface area contributed by atoms with Crippen LogP contribution in [-0.2, 0) is 0 Å². The summed E-state index contributed by atoms with van der Waals surface area (Å²) >= 11 is 0. The summed E-state index contributed by atoms with van der Waals surface area (Å²) in [4.78, 5) is 3.25. The van der Waals surface area contributed by atoms with Crippen LogP contribution in [0.4, 0.5) is 0 Å². The van der Waals surface area contributed by atoms with E-state index in [0.29, 0.717) is 6.79 Å². The quantitative estimate of drug-likeness (QED) is 0.740. The highest BCUT2D eigenvalue weighted by Crippen LogP contribution is 2.35. The monoisotopic (exact) mass is 235 g/mol. The van der Waals surface area contributed by atoms with E-state index >= 15 is 0 Å². The molecule has 0 spiro atoms. The third kappa shape index (κ3) is 2.73. The zero-order valence-electron chi connectivity index (χ0n) is 11.3. The van der Waals surface area contributed by atoms with Gasteiger partial charge in [0.25, 0.3) is 0 Å². The Bertz CT molecular complexity index is 433. The molecule has 0 radical (unpaired) electrons. The molecule has 0 amide bonds. The average Bonchev–Trinajstić information content (AvgIpc) is 2.95. The maximum absolute atomic E-state index is 5.28. The minimum atomic E-state index is 0.334. The fraction of sp³-hybridized carbons (Fsp3) is 0.429. The largest absolute Gasteiger partial charge is 0.454 e. The Hall–Kier alpha value is -1.64. The molecule has 0 bridgehead atoms. The first-order valence-electron chi connectivity index (χ1n) is 6.22. The van der Waals surface area contributed by atoms with Gasteiger partial charge >= 0.3 is 0 Å². The van der Waals surface area contributed by atoms with Crippen LogP contribution in [0.5, 0.6) is 11.5 Å². The van der Waals surface area contributed by atoms with E-state index in [1.807, 2.05) is 46.8 Å². The summed E-state index contributed by atoms with van der Waals surface area (Å²) in [6.45, 7) is 10.4. The van der Waals surface area contributed by atoms with Crippen LogP contribution in [0.1, 0.15) is 33.4 Å². The van der Waals surface area contributed by atoms with Gasteiger partial charge in [0.05, 0.1) is 0 Å². The van der Waals surface area contributed by atoms with E-state index < -0.39 is 0 Å². The van der Waals surface area contributed by atoms with Gasteiger partial charge in [-0.3, -0.25) is 0 Å². The van der Waals surface area contributed by atoms with Gasteiger partial charge in [0.2, 0.25) is 6.79 Å². The minimum Gasteiger partial charge on any atom is -0.454 e. The zero-order chi connectivity index (χ0) is 12.8. The molecule has 2 aromatic rings. The van der Waals surface area contributed by atoms with Crippen molar-refractivity contribution >= 4 is 10.9 Å². The molecule has 0 saturated carbocycles. The second kappa shape index (κ2) is 6.18. The molecule has 17 heavy (non-hydrogen) atoms. The Morgan fingerprint density at radius 2 is 1.53 bits per heavy atom. The molecule has 1 aromatic heterocycles. The molecule has 0 atom stereocenters. The zero-order valence-corrected chi connectivity index (χ0v) is 11.3. The standard InChI is InChI=1S/C10H9NO2.2C2H6/c1-6-2-7-3-9-10(13-5-12-9)4-8(7)11-6;2*1-2/h2-4,11H,5H2,1H3;2*1-2H3. The molecule has 0 fully saturated rings. The molecule has 0 saturated heterocycles. The summed E-state index contributed by atoms with van der Waals surface area (Å²) in [5.74, 6) is 1.67. The van der Waals surface area contributed by atoms with Crippen molar-refractivity contribution in [2.75, 3.05) is 6.79 Å². The highest BCUT2D eigenvalue weighted by atomic mass is 16.7. The minimum absolute atomic E-state index is 0.334. The second-order valence-electron chi connectivity index (χ2n) is 3.25. The lowest BCUT2D eigenvalue weighted by atomic mass is 10.2. The van der Waals surface area contributed by atoms with Crippen LogP contribution in [0.15, 0.2) is 18.2 Å². The summed E-state index contributed by atoms with van der Waals surface area (Å²) in [6, 6.07) is 6.07. The van der Waals surface area contributed by atoms with Gasteiger partial charge in [0, 0.05) is 22.7 Å². The molecule has 1 aromatic carbocycles. The number of H-pyrrole nitrogens is 1. The Morgan fingerprint density at radius 1 is 0.941 bits per heavy atom. The van der Waals surface area contributed by atoms with Gasteiger partial charge in [-0.05, 0) is 19.1 Å². The van der Waals surface area contributed by atoms with Crippen LogP contribution in [0.2, 0.25) is 0 Å². The lowest BCUT2D eigenvalue weighted by molar-refractivity contribution is 0.174. The third-order valence-corrected chi connectivity index (χ3v) is 2.25. The lowest BCUT2D eigenvalue weighted by Gasteiger charge is -1.94. The number of aromatic nitrogens is 1. The summed E-state index contributed by atoms with van der Waals surface area (Å²) in [7, 11) is 0. The van der Waals surface area contributed by atoms with Crippen molar-refractivity contribution in [1.29, 1.82) is 0 Å². The van der Waals surface area contributed by atoms with E-state index in [1.165, 1.54) is 5.39 Å². The van der Waals surface area contributed by atoms with Crippen LogP contribution in [-0.4, -0.2) is 11.8 Å². The SMILES string of the molecule is CC.CC.Cc1cc2cc3c(cc2[nH]1)OCO3. The van der Waals surface area contributed by atoms with Crippen molar-refractivity contribution in [1.82, 2.24) is 4.98 Å². The van der Waals surface area contributed by atoms with Crippen molar-refractivity contribution in [2.24, 2.45) is 0 Å². The Kier molecular flexibility index (Phi) is 4.88. The Balaban J connectivity index is 0.000000330. The predicted molar refractivity (Wildman–Crippen MR) is 71.9 cm³/mol. The number of hydrogen-bond acceptors (Lipinski definition) is 2. The number of rotatable bonds is 0. The number of nitrogens with one attached hydrogen (secondary N) is 1. The highest BCUT2D eigenvalue weighted by molar-refractivity contribution is 5.84. The maximum Gasteiger partial charge on any atom is 0.231 e. The molecule has 2 heterocycles. The maximum atomic E-state index is 5.28. The van der Waals surface area contributed by atoms with Crippen LogP contribution >= 0.6 is 0 Å². The number of aromatic amines is 1.